The fourth-order valence-electron chi connectivity index (χ4n) is 1.78. The van der Waals surface area contributed by atoms with E-state index >= 15 is 0 Å². The molecule has 3 nitrogen and oxygen atoms in total. The van der Waals surface area contributed by atoms with Gasteiger partial charge in [0.05, 0.1) is 10.0 Å². The van der Waals surface area contributed by atoms with Crippen LogP contribution in [0.5, 0.6) is 5.75 Å². The number of carbonyl (C=O) groups excluding carboxylic acids is 2. The second kappa shape index (κ2) is 7.95. The Kier molecular flexibility index (Phi) is 5.97. The highest BCUT2D eigenvalue weighted by Gasteiger charge is 2.05. The summed E-state index contributed by atoms with van der Waals surface area (Å²) in [6, 6.07) is 11.8. The summed E-state index contributed by atoms with van der Waals surface area (Å²) in [6.07, 6.45) is 3.16. The minimum atomic E-state index is -0.166. The average Bonchev–Trinajstić information content (AvgIpc) is 2.54. The summed E-state index contributed by atoms with van der Waals surface area (Å²) in [4.78, 5) is 22.9. The number of ketones is 2. The highest BCUT2D eigenvalue weighted by atomic mass is 35.5. The average molecular weight is 349 g/mol. The van der Waals surface area contributed by atoms with Gasteiger partial charge in [0, 0.05) is 5.56 Å². The van der Waals surface area contributed by atoms with Crippen molar-refractivity contribution in [2.45, 2.75) is 6.92 Å². The number of allylic oxidation sites excluding steroid dienone is 1. The molecule has 0 saturated heterocycles. The van der Waals surface area contributed by atoms with Gasteiger partial charge in [0.15, 0.2) is 11.6 Å². The molecule has 118 valence electrons. The molecule has 0 amide bonds. The zero-order chi connectivity index (χ0) is 16.8. The van der Waals surface area contributed by atoms with Crippen molar-refractivity contribution in [3.8, 4) is 5.75 Å². The Morgan fingerprint density at radius 1 is 1.04 bits per heavy atom. The first-order valence-corrected chi connectivity index (χ1v) is 7.61. The zero-order valence-electron chi connectivity index (χ0n) is 12.4. The van der Waals surface area contributed by atoms with Crippen LogP contribution >= 0.6 is 23.2 Å². The van der Waals surface area contributed by atoms with Gasteiger partial charge in [-0.1, -0.05) is 41.4 Å². The molecule has 23 heavy (non-hydrogen) atoms. The third kappa shape index (κ3) is 5.23. The van der Waals surface area contributed by atoms with Crippen LogP contribution in [0.3, 0.4) is 0 Å². The molecule has 0 aliphatic heterocycles. The van der Waals surface area contributed by atoms with Crippen molar-refractivity contribution in [2.75, 3.05) is 6.61 Å². The monoisotopic (exact) mass is 348 g/mol. The standard InChI is InChI=1S/C18H14Cl2O3/c1-12(21)11-23-15-6-2-13(3-7-15)4-9-18(22)14-5-8-16(19)17(20)10-14/h2-10H,11H2,1H3/b9-4+. The van der Waals surface area contributed by atoms with Gasteiger partial charge < -0.3 is 4.74 Å². The van der Waals surface area contributed by atoms with Gasteiger partial charge in [-0.3, -0.25) is 9.59 Å². The fourth-order valence-corrected chi connectivity index (χ4v) is 2.08. The molecule has 0 atom stereocenters. The summed E-state index contributed by atoms with van der Waals surface area (Å²) in [5.41, 5.74) is 1.31. The predicted molar refractivity (Wildman–Crippen MR) is 92.4 cm³/mol. The number of carbonyl (C=O) groups is 2. The van der Waals surface area contributed by atoms with Crippen molar-refractivity contribution in [2.24, 2.45) is 0 Å². The maximum atomic E-state index is 12.1. The normalized spacial score (nSPS) is 10.7. The van der Waals surface area contributed by atoms with Gasteiger partial charge in [-0.15, -0.1) is 0 Å². The van der Waals surface area contributed by atoms with Crippen molar-refractivity contribution in [3.05, 3.63) is 69.7 Å². The van der Waals surface area contributed by atoms with Crippen molar-refractivity contribution in [3.63, 3.8) is 0 Å². The lowest BCUT2D eigenvalue weighted by Gasteiger charge is -2.03. The minimum absolute atomic E-state index is 0.0406. The Hall–Kier alpha value is -2.10. The summed E-state index contributed by atoms with van der Waals surface area (Å²) in [7, 11) is 0. The van der Waals surface area contributed by atoms with Gasteiger partial charge in [-0.2, -0.15) is 0 Å². The Labute approximate surface area is 144 Å². The van der Waals surface area contributed by atoms with Crippen LogP contribution in [0.2, 0.25) is 10.0 Å². The fraction of sp³-hybridized carbons (Fsp3) is 0.111. The lowest BCUT2D eigenvalue weighted by atomic mass is 10.1. The van der Waals surface area contributed by atoms with Crippen LogP contribution in [-0.2, 0) is 4.79 Å². The van der Waals surface area contributed by atoms with E-state index in [9.17, 15) is 9.59 Å². The number of hydrogen-bond donors (Lipinski definition) is 0. The molecule has 0 aromatic heterocycles. The molecule has 0 saturated carbocycles. The molecule has 0 heterocycles. The first kappa shape index (κ1) is 17.3. The highest BCUT2D eigenvalue weighted by Crippen LogP contribution is 2.23. The summed E-state index contributed by atoms with van der Waals surface area (Å²) in [6.45, 7) is 1.51. The van der Waals surface area contributed by atoms with E-state index in [1.54, 1.807) is 42.5 Å². The number of Topliss-reactive ketones (excluding diaryl/α,β-unsaturated/α-hetero) is 1. The SMILES string of the molecule is CC(=O)COc1ccc(/C=C/C(=O)c2ccc(Cl)c(Cl)c2)cc1. The molecule has 0 bridgehead atoms. The first-order valence-electron chi connectivity index (χ1n) is 6.85. The van der Waals surface area contributed by atoms with E-state index in [1.807, 2.05) is 0 Å². The number of ether oxygens (including phenoxy) is 1. The number of benzene rings is 2. The molecule has 5 heteroatoms. The Morgan fingerprint density at radius 2 is 1.74 bits per heavy atom. The predicted octanol–water partition coefficient (Wildman–Crippen LogP) is 4.86. The maximum absolute atomic E-state index is 12.1. The molecule has 2 aromatic rings. The zero-order valence-corrected chi connectivity index (χ0v) is 13.9. The molecule has 0 radical (unpaired) electrons. The third-order valence-electron chi connectivity index (χ3n) is 2.95. The second-order valence-electron chi connectivity index (χ2n) is 4.89. The van der Waals surface area contributed by atoms with Gasteiger partial charge in [-0.25, -0.2) is 0 Å². The van der Waals surface area contributed by atoms with Gasteiger partial charge in [0.1, 0.15) is 12.4 Å². The molecule has 2 rings (SSSR count). The summed E-state index contributed by atoms with van der Waals surface area (Å²) in [5.74, 6) is 0.398. The Balaban J connectivity index is 2.03. The molecular weight excluding hydrogens is 335 g/mol. The summed E-state index contributed by atoms with van der Waals surface area (Å²) in [5, 5.41) is 0.756. The van der Waals surface area contributed by atoms with E-state index < -0.39 is 0 Å². The molecule has 0 spiro atoms. The van der Waals surface area contributed by atoms with E-state index in [0.717, 1.165) is 5.56 Å². The van der Waals surface area contributed by atoms with Crippen LogP contribution in [0.4, 0.5) is 0 Å². The van der Waals surface area contributed by atoms with Crippen molar-refractivity contribution >= 4 is 40.8 Å². The third-order valence-corrected chi connectivity index (χ3v) is 3.69. The van der Waals surface area contributed by atoms with Gasteiger partial charge in [-0.05, 0) is 48.9 Å². The van der Waals surface area contributed by atoms with E-state index in [1.165, 1.54) is 19.1 Å². The topological polar surface area (TPSA) is 43.4 Å². The van der Waals surface area contributed by atoms with Crippen LogP contribution < -0.4 is 4.74 Å². The first-order chi connectivity index (χ1) is 11.0. The van der Waals surface area contributed by atoms with Gasteiger partial charge in [0.2, 0.25) is 0 Å². The Morgan fingerprint density at radius 3 is 2.35 bits per heavy atom. The lowest BCUT2D eigenvalue weighted by molar-refractivity contribution is -0.118. The molecule has 2 aromatic carbocycles. The van der Waals surface area contributed by atoms with E-state index in [2.05, 4.69) is 0 Å². The van der Waals surface area contributed by atoms with Crippen molar-refractivity contribution in [1.82, 2.24) is 0 Å². The van der Waals surface area contributed by atoms with Crippen LogP contribution in [0.1, 0.15) is 22.8 Å². The molecular formula is C18H14Cl2O3. The Bertz CT molecular complexity index is 749. The van der Waals surface area contributed by atoms with Crippen molar-refractivity contribution in [1.29, 1.82) is 0 Å². The molecule has 0 aliphatic rings. The van der Waals surface area contributed by atoms with Gasteiger partial charge in [0.25, 0.3) is 0 Å². The van der Waals surface area contributed by atoms with Crippen LogP contribution in [0.15, 0.2) is 48.5 Å². The van der Waals surface area contributed by atoms with Crippen LogP contribution in [0, 0.1) is 0 Å². The molecule has 0 fully saturated rings. The molecule has 0 aliphatic carbocycles. The minimum Gasteiger partial charge on any atom is -0.486 e. The van der Waals surface area contributed by atoms with Crippen molar-refractivity contribution < 1.29 is 14.3 Å². The van der Waals surface area contributed by atoms with Gasteiger partial charge >= 0.3 is 0 Å². The highest BCUT2D eigenvalue weighted by molar-refractivity contribution is 6.42. The van der Waals surface area contributed by atoms with Crippen LogP contribution in [0.25, 0.3) is 6.08 Å². The maximum Gasteiger partial charge on any atom is 0.185 e. The number of rotatable bonds is 6. The summed E-state index contributed by atoms with van der Waals surface area (Å²) < 4.78 is 5.27. The molecule has 0 unspecified atom stereocenters. The second-order valence-corrected chi connectivity index (χ2v) is 5.70. The quantitative estimate of drug-likeness (QED) is 0.553. The van der Waals surface area contributed by atoms with E-state index in [-0.39, 0.29) is 18.2 Å². The lowest BCUT2D eigenvalue weighted by Crippen LogP contribution is -2.06. The van der Waals surface area contributed by atoms with E-state index in [0.29, 0.717) is 21.4 Å². The largest absolute Gasteiger partial charge is 0.486 e. The molecule has 0 N–H and O–H groups in total. The number of hydrogen-bond acceptors (Lipinski definition) is 3. The summed E-state index contributed by atoms with van der Waals surface area (Å²) >= 11 is 11.7. The smallest absolute Gasteiger partial charge is 0.185 e. The van der Waals surface area contributed by atoms with E-state index in [4.69, 9.17) is 27.9 Å². The number of halogens is 2. The van der Waals surface area contributed by atoms with Crippen LogP contribution in [-0.4, -0.2) is 18.2 Å².